The topological polar surface area (TPSA) is 75.3 Å². The van der Waals surface area contributed by atoms with Crippen molar-refractivity contribution < 1.29 is 14.3 Å². The molecule has 4 nitrogen and oxygen atoms in total. The molecule has 2 aromatic rings. The maximum Gasteiger partial charge on any atom is 0.248 e. The Morgan fingerprint density at radius 3 is 2.61 bits per heavy atom. The Labute approximate surface area is 135 Å². The molecule has 0 aliphatic rings. The summed E-state index contributed by atoms with van der Waals surface area (Å²) in [6.07, 6.45) is -0.156. The summed E-state index contributed by atoms with van der Waals surface area (Å²) in [5.74, 6) is -0.770. The van der Waals surface area contributed by atoms with Crippen LogP contribution < -0.4 is 11.1 Å². The molecule has 4 N–H and O–H groups in total. The number of amides is 1. The lowest BCUT2D eigenvalue weighted by atomic mass is 10.0. The number of hydrogen-bond acceptors (Lipinski definition) is 3. The molecule has 122 valence electrons. The molecule has 0 radical (unpaired) electrons. The zero-order valence-electron chi connectivity index (χ0n) is 13.0. The van der Waals surface area contributed by atoms with Gasteiger partial charge in [0.2, 0.25) is 5.91 Å². The quantitative estimate of drug-likeness (QED) is 0.735. The van der Waals surface area contributed by atoms with Gasteiger partial charge in [-0.2, -0.15) is 0 Å². The number of carbonyl (C=O) groups excluding carboxylic acids is 1. The van der Waals surface area contributed by atoms with E-state index in [9.17, 15) is 14.3 Å². The molecular weight excluding hydrogens is 295 g/mol. The van der Waals surface area contributed by atoms with E-state index in [1.807, 2.05) is 13.0 Å². The molecule has 0 aliphatic heterocycles. The van der Waals surface area contributed by atoms with E-state index in [1.54, 1.807) is 30.3 Å². The zero-order chi connectivity index (χ0) is 16.8. The standard InChI is InChI=1S/C18H21FN2O2/c1-12(9-17(22)14-5-7-16(19)8-6-14)21-11-13-3-2-4-15(10-13)18(20)23/h2-8,10,12,17,21-22H,9,11H2,1H3,(H2,20,23). The minimum atomic E-state index is -0.657. The molecule has 0 aromatic heterocycles. The van der Waals surface area contributed by atoms with E-state index in [4.69, 9.17) is 5.73 Å². The number of benzene rings is 2. The smallest absolute Gasteiger partial charge is 0.248 e. The summed E-state index contributed by atoms with van der Waals surface area (Å²) < 4.78 is 12.9. The third-order valence-electron chi connectivity index (χ3n) is 3.70. The van der Waals surface area contributed by atoms with Crippen LogP contribution >= 0.6 is 0 Å². The van der Waals surface area contributed by atoms with Crippen molar-refractivity contribution in [1.29, 1.82) is 0 Å². The summed E-state index contributed by atoms with van der Waals surface area (Å²) in [5, 5.41) is 13.5. The number of hydrogen-bond donors (Lipinski definition) is 3. The van der Waals surface area contributed by atoms with Gasteiger partial charge in [-0.1, -0.05) is 24.3 Å². The minimum Gasteiger partial charge on any atom is -0.388 e. The van der Waals surface area contributed by atoms with Crippen LogP contribution in [0.15, 0.2) is 48.5 Å². The maximum atomic E-state index is 12.9. The average molecular weight is 316 g/mol. The highest BCUT2D eigenvalue weighted by molar-refractivity contribution is 5.92. The van der Waals surface area contributed by atoms with E-state index in [-0.39, 0.29) is 11.9 Å². The van der Waals surface area contributed by atoms with Crippen LogP contribution in [0.4, 0.5) is 4.39 Å². The molecular formula is C18H21FN2O2. The molecule has 2 unspecified atom stereocenters. The van der Waals surface area contributed by atoms with Gasteiger partial charge < -0.3 is 16.2 Å². The molecule has 0 saturated heterocycles. The van der Waals surface area contributed by atoms with Crippen LogP contribution in [-0.2, 0) is 6.54 Å². The highest BCUT2D eigenvalue weighted by Gasteiger charge is 2.12. The molecule has 0 aliphatic carbocycles. The average Bonchev–Trinajstić information content (AvgIpc) is 2.53. The molecule has 0 saturated carbocycles. The fourth-order valence-electron chi connectivity index (χ4n) is 2.37. The van der Waals surface area contributed by atoms with Crippen molar-refractivity contribution >= 4 is 5.91 Å². The Hall–Kier alpha value is -2.24. The van der Waals surface area contributed by atoms with Crippen LogP contribution in [0.25, 0.3) is 0 Å². The monoisotopic (exact) mass is 316 g/mol. The molecule has 2 atom stereocenters. The van der Waals surface area contributed by atoms with Gasteiger partial charge in [0.1, 0.15) is 5.82 Å². The summed E-state index contributed by atoms with van der Waals surface area (Å²) >= 11 is 0. The fraction of sp³-hybridized carbons (Fsp3) is 0.278. The highest BCUT2D eigenvalue weighted by atomic mass is 19.1. The van der Waals surface area contributed by atoms with Crippen molar-refractivity contribution in [1.82, 2.24) is 5.32 Å². The second-order valence-corrected chi connectivity index (χ2v) is 5.65. The van der Waals surface area contributed by atoms with Crippen molar-refractivity contribution in [2.45, 2.75) is 32.0 Å². The molecule has 0 fully saturated rings. The Bertz CT molecular complexity index is 658. The lowest BCUT2D eigenvalue weighted by Crippen LogP contribution is -2.27. The van der Waals surface area contributed by atoms with Crippen molar-refractivity contribution in [3.05, 3.63) is 71.0 Å². The predicted octanol–water partition coefficient (Wildman–Crippen LogP) is 2.53. The van der Waals surface area contributed by atoms with Crippen LogP contribution in [0.5, 0.6) is 0 Å². The van der Waals surface area contributed by atoms with Gasteiger partial charge >= 0.3 is 0 Å². The largest absolute Gasteiger partial charge is 0.388 e. The van der Waals surface area contributed by atoms with Crippen LogP contribution in [0, 0.1) is 5.82 Å². The van der Waals surface area contributed by atoms with Crippen LogP contribution in [0.3, 0.4) is 0 Å². The lowest BCUT2D eigenvalue weighted by molar-refractivity contribution is 0.1000. The van der Waals surface area contributed by atoms with Gasteiger partial charge in [-0.15, -0.1) is 0 Å². The number of nitrogens with one attached hydrogen (secondary N) is 1. The lowest BCUT2D eigenvalue weighted by Gasteiger charge is -2.18. The summed E-state index contributed by atoms with van der Waals surface area (Å²) in [4.78, 5) is 11.2. The number of primary amides is 1. The Morgan fingerprint density at radius 2 is 1.96 bits per heavy atom. The van der Waals surface area contributed by atoms with Crippen molar-refractivity contribution in [2.75, 3.05) is 0 Å². The Morgan fingerprint density at radius 1 is 1.26 bits per heavy atom. The van der Waals surface area contributed by atoms with E-state index >= 15 is 0 Å². The Balaban J connectivity index is 1.87. The van der Waals surface area contributed by atoms with Gasteiger partial charge in [0.25, 0.3) is 0 Å². The molecule has 0 bridgehead atoms. The number of aliphatic hydroxyl groups excluding tert-OH is 1. The first kappa shape index (κ1) is 17.1. The first-order chi connectivity index (χ1) is 11.0. The molecule has 0 spiro atoms. The SMILES string of the molecule is CC(CC(O)c1ccc(F)cc1)NCc1cccc(C(N)=O)c1. The number of halogens is 1. The second-order valence-electron chi connectivity index (χ2n) is 5.65. The van der Waals surface area contributed by atoms with Gasteiger partial charge in [0.15, 0.2) is 0 Å². The van der Waals surface area contributed by atoms with Gasteiger partial charge in [0, 0.05) is 18.2 Å². The normalized spacial score (nSPS) is 13.5. The van der Waals surface area contributed by atoms with Gasteiger partial charge in [-0.25, -0.2) is 4.39 Å². The fourth-order valence-corrected chi connectivity index (χ4v) is 2.37. The van der Waals surface area contributed by atoms with Gasteiger partial charge in [-0.3, -0.25) is 4.79 Å². The van der Waals surface area contributed by atoms with Crippen LogP contribution in [0.1, 0.15) is 40.9 Å². The number of nitrogens with two attached hydrogens (primary N) is 1. The van der Waals surface area contributed by atoms with Crippen molar-refractivity contribution in [2.24, 2.45) is 5.73 Å². The first-order valence-corrected chi connectivity index (χ1v) is 7.51. The number of carbonyl (C=O) groups is 1. The maximum absolute atomic E-state index is 12.9. The summed E-state index contributed by atoms with van der Waals surface area (Å²) in [6, 6.07) is 13.0. The molecule has 1 amide bonds. The molecule has 0 heterocycles. The molecule has 2 aromatic carbocycles. The first-order valence-electron chi connectivity index (χ1n) is 7.51. The highest BCUT2D eigenvalue weighted by Crippen LogP contribution is 2.18. The second kappa shape index (κ2) is 7.85. The summed E-state index contributed by atoms with van der Waals surface area (Å²) in [7, 11) is 0. The van der Waals surface area contributed by atoms with Gasteiger partial charge in [-0.05, 0) is 48.7 Å². The van der Waals surface area contributed by atoms with E-state index in [0.29, 0.717) is 24.1 Å². The number of aliphatic hydroxyl groups is 1. The van der Waals surface area contributed by atoms with E-state index in [1.165, 1.54) is 12.1 Å². The molecule has 5 heteroatoms. The van der Waals surface area contributed by atoms with Crippen LogP contribution in [0.2, 0.25) is 0 Å². The third kappa shape index (κ3) is 5.16. The van der Waals surface area contributed by atoms with Crippen molar-refractivity contribution in [3.8, 4) is 0 Å². The van der Waals surface area contributed by atoms with Crippen LogP contribution in [-0.4, -0.2) is 17.1 Å². The predicted molar refractivity (Wildman–Crippen MR) is 87.2 cm³/mol. The van der Waals surface area contributed by atoms with Gasteiger partial charge in [0.05, 0.1) is 6.10 Å². The third-order valence-corrected chi connectivity index (χ3v) is 3.70. The summed E-state index contributed by atoms with van der Waals surface area (Å²) in [6.45, 7) is 2.53. The van der Waals surface area contributed by atoms with E-state index in [2.05, 4.69) is 5.32 Å². The minimum absolute atomic E-state index is 0.0484. The summed E-state index contributed by atoms with van der Waals surface area (Å²) in [5.41, 5.74) is 7.37. The zero-order valence-corrected chi connectivity index (χ0v) is 13.0. The van der Waals surface area contributed by atoms with E-state index < -0.39 is 12.0 Å². The number of rotatable bonds is 7. The molecule has 23 heavy (non-hydrogen) atoms. The van der Waals surface area contributed by atoms with E-state index in [0.717, 1.165) is 5.56 Å². The Kier molecular flexibility index (Phi) is 5.84. The molecule has 2 rings (SSSR count). The van der Waals surface area contributed by atoms with Crippen molar-refractivity contribution in [3.63, 3.8) is 0 Å².